The van der Waals surface area contributed by atoms with E-state index in [1.54, 1.807) is 0 Å². The number of carbonyl (C=O) groups excluding carboxylic acids is 1. The number of nitrogens with zero attached hydrogens (tertiary/aromatic N) is 7. The third kappa shape index (κ3) is 2.75. The summed E-state index contributed by atoms with van der Waals surface area (Å²) in [6.07, 6.45) is -1.46. The topological polar surface area (TPSA) is 128 Å². The van der Waals surface area contributed by atoms with Crippen LogP contribution in [0, 0.1) is 18.3 Å². The van der Waals surface area contributed by atoms with E-state index in [-0.39, 0.29) is 22.8 Å². The van der Waals surface area contributed by atoms with Gasteiger partial charge in [0.15, 0.2) is 11.5 Å². The molecule has 0 atom stereocenters. The molecule has 3 aromatic heterocycles. The SMILES string of the molecule is Cc1nc(-n2nccn2)c(C#N)cc1-n1ncc(C(N)=O)c1C(F)(F)F. The van der Waals surface area contributed by atoms with Gasteiger partial charge in [0.05, 0.1) is 35.5 Å². The fourth-order valence-corrected chi connectivity index (χ4v) is 2.34. The number of aromatic nitrogens is 6. The van der Waals surface area contributed by atoms with E-state index in [4.69, 9.17) is 5.73 Å². The van der Waals surface area contributed by atoms with E-state index in [0.29, 0.717) is 4.68 Å². The molecule has 0 aliphatic heterocycles. The van der Waals surface area contributed by atoms with Gasteiger partial charge in [0.2, 0.25) is 0 Å². The Kier molecular flexibility index (Phi) is 3.91. The Morgan fingerprint density at radius 3 is 2.46 bits per heavy atom. The maximum atomic E-state index is 13.4. The van der Waals surface area contributed by atoms with E-state index < -0.39 is 23.3 Å². The van der Waals surface area contributed by atoms with Crippen LogP contribution in [0.25, 0.3) is 11.5 Å². The van der Waals surface area contributed by atoms with Gasteiger partial charge in [0.25, 0.3) is 5.91 Å². The number of primary amides is 1. The van der Waals surface area contributed by atoms with Gasteiger partial charge < -0.3 is 5.73 Å². The fraction of sp³-hybridized carbons (Fsp3) is 0.143. The molecule has 0 saturated carbocycles. The summed E-state index contributed by atoms with van der Waals surface area (Å²) >= 11 is 0. The summed E-state index contributed by atoms with van der Waals surface area (Å²) in [5.41, 5.74) is 2.78. The molecule has 0 aliphatic carbocycles. The van der Waals surface area contributed by atoms with E-state index >= 15 is 0 Å². The molecule has 0 saturated heterocycles. The molecule has 3 aromatic rings. The third-order valence-electron chi connectivity index (χ3n) is 3.43. The van der Waals surface area contributed by atoms with Gasteiger partial charge in [-0.05, 0) is 13.0 Å². The van der Waals surface area contributed by atoms with Crippen molar-refractivity contribution >= 4 is 5.91 Å². The smallest absolute Gasteiger partial charge is 0.365 e. The number of pyridine rings is 1. The van der Waals surface area contributed by atoms with Crippen LogP contribution in [-0.2, 0) is 6.18 Å². The molecule has 12 heteroatoms. The van der Waals surface area contributed by atoms with Crippen LogP contribution in [-0.4, -0.2) is 35.7 Å². The zero-order chi connectivity index (χ0) is 19.1. The largest absolute Gasteiger partial charge is 0.434 e. The van der Waals surface area contributed by atoms with E-state index in [1.807, 2.05) is 6.07 Å². The normalized spacial score (nSPS) is 11.3. The summed E-state index contributed by atoms with van der Waals surface area (Å²) < 4.78 is 40.8. The van der Waals surface area contributed by atoms with Crippen molar-refractivity contribution in [1.82, 2.24) is 29.8 Å². The number of alkyl halides is 3. The number of aryl methyl sites for hydroxylation is 1. The summed E-state index contributed by atoms with van der Waals surface area (Å²) in [7, 11) is 0. The lowest BCUT2D eigenvalue weighted by atomic mass is 10.2. The quantitative estimate of drug-likeness (QED) is 0.744. The summed E-state index contributed by atoms with van der Waals surface area (Å²) in [5, 5.41) is 20.6. The van der Waals surface area contributed by atoms with Gasteiger partial charge in [0.1, 0.15) is 11.6 Å². The van der Waals surface area contributed by atoms with Crippen molar-refractivity contribution in [2.45, 2.75) is 13.1 Å². The first-order chi connectivity index (χ1) is 12.2. The van der Waals surface area contributed by atoms with E-state index in [2.05, 4.69) is 20.3 Å². The number of nitriles is 1. The van der Waals surface area contributed by atoms with E-state index in [0.717, 1.165) is 17.1 Å². The molecule has 9 nitrogen and oxygen atoms in total. The molecule has 3 heterocycles. The second-order valence-electron chi connectivity index (χ2n) is 5.08. The zero-order valence-corrected chi connectivity index (χ0v) is 13.1. The molecule has 3 rings (SSSR count). The first-order valence-electron chi connectivity index (χ1n) is 6.98. The number of hydrogen-bond acceptors (Lipinski definition) is 6. The number of carbonyl (C=O) groups is 1. The van der Waals surface area contributed by atoms with Crippen LogP contribution in [0.1, 0.15) is 27.3 Å². The van der Waals surface area contributed by atoms with Crippen LogP contribution < -0.4 is 5.73 Å². The van der Waals surface area contributed by atoms with Crippen LogP contribution in [0.2, 0.25) is 0 Å². The molecule has 0 radical (unpaired) electrons. The van der Waals surface area contributed by atoms with Crippen molar-refractivity contribution < 1.29 is 18.0 Å². The Hall–Kier alpha value is -3.75. The molecule has 2 N–H and O–H groups in total. The minimum Gasteiger partial charge on any atom is -0.365 e. The highest BCUT2D eigenvalue weighted by atomic mass is 19.4. The molecule has 0 aliphatic rings. The van der Waals surface area contributed by atoms with Crippen molar-refractivity contribution in [1.29, 1.82) is 5.26 Å². The highest BCUT2D eigenvalue weighted by molar-refractivity contribution is 5.94. The van der Waals surface area contributed by atoms with Gasteiger partial charge in [-0.25, -0.2) is 9.67 Å². The Labute approximate surface area is 143 Å². The highest BCUT2D eigenvalue weighted by Crippen LogP contribution is 2.34. The standard InChI is InChI=1S/C14H9F3N8O/c1-7-10(4-8(5-18)13(23-7)25-20-2-3-21-25)24-11(14(15,16)17)9(6-22-24)12(19)26/h2-4,6H,1H3,(H2,19,26). The van der Waals surface area contributed by atoms with Gasteiger partial charge >= 0.3 is 6.18 Å². The molecule has 1 amide bonds. The van der Waals surface area contributed by atoms with Crippen molar-refractivity contribution in [2.75, 3.05) is 0 Å². The first kappa shape index (κ1) is 17.1. The zero-order valence-electron chi connectivity index (χ0n) is 13.1. The molecular formula is C14H9F3N8O. The second-order valence-corrected chi connectivity index (χ2v) is 5.08. The van der Waals surface area contributed by atoms with Crippen molar-refractivity contribution in [2.24, 2.45) is 5.73 Å². The second kappa shape index (κ2) is 5.96. The number of rotatable bonds is 3. The minimum atomic E-state index is -4.90. The van der Waals surface area contributed by atoms with Crippen LogP contribution in [0.5, 0.6) is 0 Å². The van der Waals surface area contributed by atoms with Gasteiger partial charge in [-0.3, -0.25) is 4.79 Å². The van der Waals surface area contributed by atoms with Crippen LogP contribution >= 0.6 is 0 Å². The lowest BCUT2D eigenvalue weighted by Crippen LogP contribution is -2.21. The molecule has 0 spiro atoms. The first-order valence-corrected chi connectivity index (χ1v) is 6.98. The lowest BCUT2D eigenvalue weighted by Gasteiger charge is -2.14. The lowest BCUT2D eigenvalue weighted by molar-refractivity contribution is -0.143. The van der Waals surface area contributed by atoms with Crippen molar-refractivity contribution in [3.63, 3.8) is 0 Å². The summed E-state index contributed by atoms with van der Waals surface area (Å²) in [6.45, 7) is 1.43. The van der Waals surface area contributed by atoms with Crippen LogP contribution in [0.3, 0.4) is 0 Å². The van der Waals surface area contributed by atoms with E-state index in [9.17, 15) is 23.2 Å². The fourth-order valence-electron chi connectivity index (χ4n) is 2.34. The van der Waals surface area contributed by atoms with Crippen molar-refractivity contribution in [3.05, 3.63) is 47.2 Å². The average Bonchev–Trinajstić information content (AvgIpc) is 3.23. The summed E-state index contributed by atoms with van der Waals surface area (Å²) in [4.78, 5) is 16.5. The van der Waals surface area contributed by atoms with Crippen LogP contribution in [0.4, 0.5) is 13.2 Å². The molecular weight excluding hydrogens is 353 g/mol. The molecule has 26 heavy (non-hydrogen) atoms. The predicted octanol–water partition coefficient (Wildman–Crippen LogP) is 1.15. The van der Waals surface area contributed by atoms with Crippen molar-refractivity contribution in [3.8, 4) is 17.6 Å². The Balaban J connectivity index is 2.27. The maximum absolute atomic E-state index is 13.4. The van der Waals surface area contributed by atoms with Gasteiger partial charge in [0, 0.05) is 0 Å². The third-order valence-corrected chi connectivity index (χ3v) is 3.43. The summed E-state index contributed by atoms with van der Waals surface area (Å²) in [5.74, 6) is -1.22. The highest BCUT2D eigenvalue weighted by Gasteiger charge is 2.40. The molecule has 0 bridgehead atoms. The minimum absolute atomic E-state index is 0.0505. The summed E-state index contributed by atoms with van der Waals surface area (Å²) in [6, 6.07) is 2.99. The molecule has 0 unspecified atom stereocenters. The number of hydrogen-bond donors (Lipinski definition) is 1. The molecule has 0 fully saturated rings. The van der Waals surface area contributed by atoms with Gasteiger partial charge in [-0.1, -0.05) is 0 Å². The van der Waals surface area contributed by atoms with Gasteiger partial charge in [-0.15, -0.1) is 4.80 Å². The van der Waals surface area contributed by atoms with E-state index in [1.165, 1.54) is 19.3 Å². The maximum Gasteiger partial charge on any atom is 0.434 e. The van der Waals surface area contributed by atoms with Crippen LogP contribution in [0.15, 0.2) is 24.7 Å². The Bertz CT molecular complexity index is 1030. The monoisotopic (exact) mass is 362 g/mol. The average molecular weight is 362 g/mol. The Morgan fingerprint density at radius 1 is 1.27 bits per heavy atom. The van der Waals surface area contributed by atoms with Gasteiger partial charge in [-0.2, -0.15) is 33.7 Å². The predicted molar refractivity (Wildman–Crippen MR) is 79.2 cm³/mol. The Morgan fingerprint density at radius 2 is 1.92 bits per heavy atom. The number of amides is 1. The molecule has 132 valence electrons. The number of halogens is 3. The number of nitrogens with two attached hydrogens (primary N) is 1. The molecule has 0 aromatic carbocycles.